The van der Waals surface area contributed by atoms with Crippen molar-refractivity contribution in [2.24, 2.45) is 23.2 Å². The summed E-state index contributed by atoms with van der Waals surface area (Å²) in [5, 5.41) is 14.4. The Morgan fingerprint density at radius 3 is 2.34 bits per heavy atom. The molecule has 3 fully saturated rings. The lowest BCUT2D eigenvalue weighted by atomic mass is 9.74. The van der Waals surface area contributed by atoms with Gasteiger partial charge < -0.3 is 39.2 Å². The maximum Gasteiger partial charge on any atom is 0.321 e. The molecule has 300 valence electrons. The van der Waals surface area contributed by atoms with E-state index in [9.17, 15) is 19.5 Å². The molecule has 3 heterocycles. The maximum atomic E-state index is 14.4. The van der Waals surface area contributed by atoms with Crippen LogP contribution in [0.1, 0.15) is 87.0 Å². The van der Waals surface area contributed by atoms with E-state index in [2.05, 4.69) is 24.1 Å². The minimum atomic E-state index is -1.46. The van der Waals surface area contributed by atoms with E-state index in [0.717, 1.165) is 44.5 Å². The molecular formula is C41H68N4O8. The van der Waals surface area contributed by atoms with E-state index in [1.54, 1.807) is 27.9 Å². The monoisotopic (exact) mass is 745 g/mol. The Morgan fingerprint density at radius 2 is 1.74 bits per heavy atom. The van der Waals surface area contributed by atoms with E-state index in [1.807, 2.05) is 68.1 Å². The van der Waals surface area contributed by atoms with Gasteiger partial charge in [0, 0.05) is 50.4 Å². The van der Waals surface area contributed by atoms with Crippen LogP contribution in [0.15, 0.2) is 30.3 Å². The minimum Gasteiger partial charge on any atom is -0.463 e. The van der Waals surface area contributed by atoms with Gasteiger partial charge in [-0.2, -0.15) is 0 Å². The third-order valence-electron chi connectivity index (χ3n) is 11.9. The molecule has 12 heteroatoms. The highest BCUT2D eigenvalue weighted by molar-refractivity contribution is 6.04. The molecule has 0 aromatic heterocycles. The van der Waals surface area contributed by atoms with Gasteiger partial charge in [0.05, 0.1) is 17.8 Å². The average Bonchev–Trinajstić information content (AvgIpc) is 3.12. The summed E-state index contributed by atoms with van der Waals surface area (Å²) in [5.41, 5.74) is -1.64. The molecule has 0 saturated carbocycles. The number of urea groups is 1. The third-order valence-corrected chi connectivity index (χ3v) is 11.9. The van der Waals surface area contributed by atoms with Crippen molar-refractivity contribution < 1.29 is 38.4 Å². The van der Waals surface area contributed by atoms with Gasteiger partial charge in [0.1, 0.15) is 18.1 Å². The Kier molecular flexibility index (Phi) is 15.3. The van der Waals surface area contributed by atoms with Crippen LogP contribution in [0.5, 0.6) is 0 Å². The number of cyclic esters (lactones) is 1. The first-order valence-electron chi connectivity index (χ1n) is 19.8. The van der Waals surface area contributed by atoms with E-state index < -0.39 is 41.4 Å². The number of ketones is 1. The van der Waals surface area contributed by atoms with Crippen molar-refractivity contribution in [2.45, 2.75) is 129 Å². The highest BCUT2D eigenvalue weighted by Crippen LogP contribution is 2.39. The van der Waals surface area contributed by atoms with Crippen LogP contribution in [0.3, 0.4) is 0 Å². The van der Waals surface area contributed by atoms with E-state index in [1.165, 1.54) is 0 Å². The molecule has 2 amide bonds. The molecule has 1 aromatic carbocycles. The van der Waals surface area contributed by atoms with Crippen LogP contribution in [-0.4, -0.2) is 134 Å². The maximum absolute atomic E-state index is 14.4. The number of aliphatic hydroxyl groups excluding tert-OH is 1. The van der Waals surface area contributed by atoms with Crippen LogP contribution < -0.4 is 5.32 Å². The lowest BCUT2D eigenvalue weighted by Gasteiger charge is -2.47. The lowest BCUT2D eigenvalue weighted by molar-refractivity contribution is -0.295. The zero-order valence-corrected chi connectivity index (χ0v) is 34.0. The number of likely N-dealkylation sites (N-methyl/N-ethyl adjacent to an activating group) is 1. The summed E-state index contributed by atoms with van der Waals surface area (Å²) >= 11 is 0. The van der Waals surface area contributed by atoms with Crippen LogP contribution in [0.2, 0.25) is 0 Å². The lowest BCUT2D eigenvalue weighted by Crippen LogP contribution is -2.59. The number of carbonyl (C=O) groups excluding carboxylic acids is 3. The molecule has 53 heavy (non-hydrogen) atoms. The first-order chi connectivity index (χ1) is 25.0. The Bertz CT molecular complexity index is 1340. The van der Waals surface area contributed by atoms with E-state index in [4.69, 9.17) is 18.9 Å². The van der Waals surface area contributed by atoms with Gasteiger partial charge in [0.2, 0.25) is 0 Å². The van der Waals surface area contributed by atoms with Gasteiger partial charge in [-0.3, -0.25) is 14.5 Å². The van der Waals surface area contributed by atoms with E-state index in [0.29, 0.717) is 31.8 Å². The van der Waals surface area contributed by atoms with Crippen LogP contribution >= 0.6 is 0 Å². The summed E-state index contributed by atoms with van der Waals surface area (Å²) in [6, 6.07) is 9.16. The van der Waals surface area contributed by atoms with Gasteiger partial charge in [-0.05, 0) is 111 Å². The predicted octanol–water partition coefficient (Wildman–Crippen LogP) is 5.43. The topological polar surface area (TPSA) is 130 Å². The molecule has 3 aliphatic heterocycles. The third kappa shape index (κ3) is 10.8. The summed E-state index contributed by atoms with van der Waals surface area (Å²) in [5.74, 6) is -1.21. The molecule has 2 N–H and O–H groups in total. The highest BCUT2D eigenvalue weighted by atomic mass is 16.7. The summed E-state index contributed by atoms with van der Waals surface area (Å²) in [4.78, 5) is 47.6. The Hall–Kier alpha value is -2.61. The molecule has 0 aliphatic carbocycles. The average molecular weight is 745 g/mol. The number of aliphatic hydroxyl groups is 1. The van der Waals surface area contributed by atoms with Gasteiger partial charge >= 0.3 is 12.0 Å². The molecule has 3 aliphatic rings. The normalized spacial score (nSPS) is 34.2. The van der Waals surface area contributed by atoms with Crippen LogP contribution in [-0.2, 0) is 28.5 Å². The number of nitrogens with one attached hydrogen (secondary N) is 1. The Morgan fingerprint density at radius 1 is 1.08 bits per heavy atom. The van der Waals surface area contributed by atoms with Crippen molar-refractivity contribution in [3.05, 3.63) is 30.3 Å². The number of rotatable bonds is 9. The van der Waals surface area contributed by atoms with E-state index in [-0.39, 0.29) is 42.5 Å². The Labute approximate surface area is 318 Å². The molecule has 12 nitrogen and oxygen atoms in total. The van der Waals surface area contributed by atoms with Gasteiger partial charge in [-0.1, -0.05) is 39.0 Å². The van der Waals surface area contributed by atoms with Crippen molar-refractivity contribution in [2.75, 3.05) is 59.3 Å². The van der Waals surface area contributed by atoms with Crippen molar-refractivity contribution in [3.63, 3.8) is 0 Å². The highest BCUT2D eigenvalue weighted by Gasteiger charge is 2.51. The number of hydrogen-bond acceptors (Lipinski definition) is 10. The molecule has 4 rings (SSSR count). The fourth-order valence-corrected chi connectivity index (χ4v) is 8.74. The van der Waals surface area contributed by atoms with Crippen LogP contribution in [0.25, 0.3) is 0 Å². The summed E-state index contributed by atoms with van der Waals surface area (Å²) in [7, 11) is 5.49. The van der Waals surface area contributed by atoms with Crippen LogP contribution in [0.4, 0.5) is 10.5 Å². The summed E-state index contributed by atoms with van der Waals surface area (Å²) in [6.07, 6.45) is 1.71. The van der Waals surface area contributed by atoms with Crippen molar-refractivity contribution in [1.82, 2.24) is 14.7 Å². The number of carbonyl (C=O) groups is 3. The largest absolute Gasteiger partial charge is 0.463 e. The number of anilines is 1. The van der Waals surface area contributed by atoms with Gasteiger partial charge in [-0.15, -0.1) is 0 Å². The Balaban J connectivity index is 1.57. The second kappa shape index (κ2) is 18.8. The number of para-hydroxylation sites is 1. The van der Waals surface area contributed by atoms with Gasteiger partial charge in [0.15, 0.2) is 12.1 Å². The predicted molar refractivity (Wildman–Crippen MR) is 205 cm³/mol. The molecule has 3 saturated heterocycles. The van der Waals surface area contributed by atoms with Gasteiger partial charge in [-0.25, -0.2) is 4.79 Å². The fourth-order valence-electron chi connectivity index (χ4n) is 8.74. The molecule has 1 aromatic rings. The SMILES string of the molecule is CCCN1C[C@H](C)C[C@@](C)(OC)[C@H](O[C@@H]2O[C@H](C)C[C@H](N(C)C)[C@H]2O)[C@@H](C)C(=O)C(C)(C)C(=O)OC[C@H]1CC1CCN(C(=O)Nc2ccccc2)CC1. The standard InChI is InChI=1S/C41H68N4O8/c1-11-19-45-25-27(2)24-41(7,50-10)36(53-37-34(46)33(43(8)9)22-28(3)52-37)29(4)35(47)40(5,6)38(48)51-26-32(45)23-30-17-20-44(21-18-30)39(49)42-31-15-13-12-14-16-31/h12-16,27-30,32-34,36-37,46H,11,17-26H2,1-10H3,(H,42,49)/t27-,28-,29+,32-,33+,34-,36-,37+,41-/m1/s1. The smallest absolute Gasteiger partial charge is 0.321 e. The molecule has 0 bridgehead atoms. The molecule has 9 atom stereocenters. The first kappa shape index (κ1) is 43.1. The van der Waals surface area contributed by atoms with Crippen LogP contribution in [0, 0.1) is 23.2 Å². The molecule has 0 spiro atoms. The van der Waals surface area contributed by atoms with E-state index >= 15 is 0 Å². The summed E-state index contributed by atoms with van der Waals surface area (Å²) in [6.45, 7) is 16.3. The number of esters is 1. The molecule has 0 radical (unpaired) electrons. The first-order valence-corrected chi connectivity index (χ1v) is 19.8. The number of amides is 2. The van der Waals surface area contributed by atoms with Crippen molar-refractivity contribution in [3.8, 4) is 0 Å². The number of benzene rings is 1. The fraction of sp³-hybridized carbons (Fsp3) is 0.780. The quantitative estimate of drug-likeness (QED) is 0.250. The number of Topliss-reactive ketones (excluding diaryl/α,β-unsaturated/α-hetero) is 1. The number of likely N-dealkylation sites (tertiary alicyclic amines) is 1. The zero-order valence-electron chi connectivity index (χ0n) is 34.0. The molecule has 0 unspecified atom stereocenters. The number of hydrogen-bond donors (Lipinski definition) is 2. The second-order valence-electron chi connectivity index (χ2n) is 16.9. The number of piperidine rings is 1. The second-order valence-corrected chi connectivity index (χ2v) is 16.9. The minimum absolute atomic E-state index is 0.0591. The van der Waals surface area contributed by atoms with Crippen molar-refractivity contribution >= 4 is 23.5 Å². The molecular weight excluding hydrogens is 676 g/mol. The zero-order chi connectivity index (χ0) is 39.1. The van der Waals surface area contributed by atoms with Crippen molar-refractivity contribution in [1.29, 1.82) is 0 Å². The number of methoxy groups -OCH3 is 1. The number of ether oxygens (including phenoxy) is 4. The van der Waals surface area contributed by atoms with Gasteiger partial charge in [0.25, 0.3) is 0 Å². The summed E-state index contributed by atoms with van der Waals surface area (Å²) < 4.78 is 25.3. The number of nitrogens with zero attached hydrogens (tertiary/aromatic N) is 3.